The fraction of sp³-hybridized carbons (Fsp3) is 0.136. The molecule has 1 atom stereocenters. The van der Waals surface area contributed by atoms with Crippen molar-refractivity contribution in [1.82, 2.24) is 4.72 Å². The van der Waals surface area contributed by atoms with Crippen LogP contribution in [0.5, 0.6) is 0 Å². The van der Waals surface area contributed by atoms with E-state index in [9.17, 15) is 17.6 Å². The lowest BCUT2D eigenvalue weighted by atomic mass is 10.1. The van der Waals surface area contributed by atoms with Gasteiger partial charge in [-0.1, -0.05) is 48.0 Å². The molecule has 3 rings (SSSR count). The third-order valence-corrected chi connectivity index (χ3v) is 5.83. The summed E-state index contributed by atoms with van der Waals surface area (Å²) in [4.78, 5) is 12.9. The fourth-order valence-corrected chi connectivity index (χ4v) is 3.97. The zero-order valence-electron chi connectivity index (χ0n) is 15.8. The highest BCUT2D eigenvalue weighted by Gasteiger charge is 2.26. The number of amides is 1. The number of rotatable bonds is 7. The maximum Gasteiger partial charge on any atom is 0.242 e. The van der Waals surface area contributed by atoms with Crippen LogP contribution >= 0.6 is 0 Å². The molecule has 1 amide bonds. The Morgan fingerprint density at radius 2 is 1.55 bits per heavy atom. The highest BCUT2D eigenvalue weighted by atomic mass is 32.2. The van der Waals surface area contributed by atoms with E-state index in [2.05, 4.69) is 10.0 Å². The number of benzene rings is 3. The summed E-state index contributed by atoms with van der Waals surface area (Å²) in [6.45, 7) is 1.86. The molecule has 0 saturated heterocycles. The molecule has 150 valence electrons. The maximum absolute atomic E-state index is 13.1. The first kappa shape index (κ1) is 20.7. The van der Waals surface area contributed by atoms with Gasteiger partial charge in [-0.15, -0.1) is 0 Å². The average Bonchev–Trinajstić information content (AvgIpc) is 2.70. The van der Waals surface area contributed by atoms with E-state index in [1.165, 1.54) is 36.4 Å². The number of anilines is 1. The second kappa shape index (κ2) is 8.98. The van der Waals surface area contributed by atoms with Crippen LogP contribution in [0.4, 0.5) is 10.1 Å². The summed E-state index contributed by atoms with van der Waals surface area (Å²) >= 11 is 0. The van der Waals surface area contributed by atoms with Crippen LogP contribution < -0.4 is 10.0 Å². The van der Waals surface area contributed by atoms with Gasteiger partial charge in [0.1, 0.15) is 11.9 Å². The molecule has 7 heteroatoms. The Bertz CT molecular complexity index is 1070. The van der Waals surface area contributed by atoms with Crippen LogP contribution in [0, 0.1) is 12.7 Å². The molecule has 0 heterocycles. The Morgan fingerprint density at radius 1 is 0.931 bits per heavy atom. The van der Waals surface area contributed by atoms with Gasteiger partial charge in [-0.25, -0.2) is 12.8 Å². The maximum atomic E-state index is 13.1. The Kier molecular flexibility index (Phi) is 6.41. The lowest BCUT2D eigenvalue weighted by Crippen LogP contribution is -2.45. The lowest BCUT2D eigenvalue weighted by molar-refractivity contribution is -0.117. The third-order valence-electron chi connectivity index (χ3n) is 4.34. The average molecular weight is 412 g/mol. The van der Waals surface area contributed by atoms with Crippen molar-refractivity contribution < 1.29 is 17.6 Å². The topological polar surface area (TPSA) is 75.3 Å². The molecule has 0 aliphatic carbocycles. The SMILES string of the molecule is Cc1ccc(S(=O)(=O)N[C@@H](Cc2ccccc2)C(=O)Nc2ccc(F)cc2)cc1. The van der Waals surface area contributed by atoms with Crippen LogP contribution in [0.2, 0.25) is 0 Å². The number of sulfonamides is 1. The minimum atomic E-state index is -3.91. The molecule has 3 aromatic carbocycles. The molecule has 0 unspecified atom stereocenters. The summed E-state index contributed by atoms with van der Waals surface area (Å²) in [5.74, 6) is -0.958. The van der Waals surface area contributed by atoms with Gasteiger partial charge in [0.25, 0.3) is 0 Å². The predicted molar refractivity (Wildman–Crippen MR) is 110 cm³/mol. The van der Waals surface area contributed by atoms with Crippen molar-refractivity contribution in [3.05, 3.63) is 95.8 Å². The molecule has 3 aromatic rings. The molecule has 29 heavy (non-hydrogen) atoms. The molecule has 0 bridgehead atoms. The Hall–Kier alpha value is -3.03. The first-order chi connectivity index (χ1) is 13.8. The molecular formula is C22H21FN2O3S. The van der Waals surface area contributed by atoms with Gasteiger partial charge in [0.05, 0.1) is 4.90 Å². The van der Waals surface area contributed by atoms with Crippen molar-refractivity contribution in [3.63, 3.8) is 0 Å². The number of nitrogens with one attached hydrogen (secondary N) is 2. The number of carbonyl (C=O) groups is 1. The molecule has 0 saturated carbocycles. The van der Waals surface area contributed by atoms with E-state index in [0.717, 1.165) is 11.1 Å². The molecule has 0 aliphatic rings. The van der Waals surface area contributed by atoms with Gasteiger partial charge in [-0.2, -0.15) is 4.72 Å². The van der Waals surface area contributed by atoms with Crippen molar-refractivity contribution in [2.75, 3.05) is 5.32 Å². The largest absolute Gasteiger partial charge is 0.325 e. The minimum absolute atomic E-state index is 0.0794. The van der Waals surface area contributed by atoms with Gasteiger partial charge < -0.3 is 5.32 Å². The van der Waals surface area contributed by atoms with E-state index in [0.29, 0.717) is 5.69 Å². The first-order valence-electron chi connectivity index (χ1n) is 9.03. The summed E-state index contributed by atoms with van der Waals surface area (Å²) in [6.07, 6.45) is 0.166. The monoisotopic (exact) mass is 412 g/mol. The molecule has 2 N–H and O–H groups in total. The number of halogens is 1. The number of hydrogen-bond donors (Lipinski definition) is 2. The normalized spacial score (nSPS) is 12.3. The summed E-state index contributed by atoms with van der Waals surface area (Å²) in [5, 5.41) is 2.64. The highest BCUT2D eigenvalue weighted by Crippen LogP contribution is 2.14. The molecular weight excluding hydrogens is 391 g/mol. The van der Waals surface area contributed by atoms with Crippen LogP contribution in [0.1, 0.15) is 11.1 Å². The van der Waals surface area contributed by atoms with Gasteiger partial charge in [0.2, 0.25) is 15.9 Å². The van der Waals surface area contributed by atoms with Crippen molar-refractivity contribution in [2.24, 2.45) is 0 Å². The summed E-state index contributed by atoms with van der Waals surface area (Å²) in [5.41, 5.74) is 2.11. The van der Waals surface area contributed by atoms with E-state index in [1.54, 1.807) is 12.1 Å². The Morgan fingerprint density at radius 3 is 2.17 bits per heavy atom. The summed E-state index contributed by atoms with van der Waals surface area (Å²) < 4.78 is 41.2. The van der Waals surface area contributed by atoms with Gasteiger partial charge in [-0.3, -0.25) is 4.79 Å². The molecule has 5 nitrogen and oxygen atoms in total. The number of carbonyl (C=O) groups excluding carboxylic acids is 1. The van der Waals surface area contributed by atoms with E-state index in [4.69, 9.17) is 0 Å². The third kappa shape index (κ3) is 5.73. The Labute approximate surface area is 169 Å². The fourth-order valence-electron chi connectivity index (χ4n) is 2.77. The minimum Gasteiger partial charge on any atom is -0.325 e. The highest BCUT2D eigenvalue weighted by molar-refractivity contribution is 7.89. The molecule has 0 fully saturated rings. The van der Waals surface area contributed by atoms with E-state index < -0.39 is 27.8 Å². The van der Waals surface area contributed by atoms with Crippen LogP contribution in [-0.2, 0) is 21.2 Å². The van der Waals surface area contributed by atoms with Gasteiger partial charge in [0, 0.05) is 5.69 Å². The zero-order valence-corrected chi connectivity index (χ0v) is 16.6. The van der Waals surface area contributed by atoms with E-state index in [-0.39, 0.29) is 11.3 Å². The summed E-state index contributed by atoms with van der Waals surface area (Å²) in [6, 6.07) is 19.7. The summed E-state index contributed by atoms with van der Waals surface area (Å²) in [7, 11) is -3.91. The van der Waals surface area contributed by atoms with Crippen LogP contribution in [-0.4, -0.2) is 20.4 Å². The molecule has 0 aliphatic heterocycles. The Balaban J connectivity index is 1.84. The quantitative estimate of drug-likeness (QED) is 0.622. The zero-order chi connectivity index (χ0) is 20.9. The van der Waals surface area contributed by atoms with Gasteiger partial charge >= 0.3 is 0 Å². The second-order valence-electron chi connectivity index (χ2n) is 6.67. The molecule has 0 spiro atoms. The van der Waals surface area contributed by atoms with Crippen molar-refractivity contribution >= 4 is 21.6 Å². The van der Waals surface area contributed by atoms with E-state index >= 15 is 0 Å². The van der Waals surface area contributed by atoms with Gasteiger partial charge in [-0.05, 0) is 55.3 Å². The standard InChI is InChI=1S/C22H21FN2O3S/c1-16-7-13-20(14-8-16)29(27,28)25-21(15-17-5-3-2-4-6-17)22(26)24-19-11-9-18(23)10-12-19/h2-14,21,25H,15H2,1H3,(H,24,26)/t21-/m0/s1. The molecule has 0 aromatic heterocycles. The van der Waals surface area contributed by atoms with Gasteiger partial charge in [0.15, 0.2) is 0 Å². The van der Waals surface area contributed by atoms with Crippen molar-refractivity contribution in [3.8, 4) is 0 Å². The van der Waals surface area contributed by atoms with Crippen molar-refractivity contribution in [1.29, 1.82) is 0 Å². The van der Waals surface area contributed by atoms with Crippen LogP contribution in [0.15, 0.2) is 83.8 Å². The smallest absolute Gasteiger partial charge is 0.242 e. The lowest BCUT2D eigenvalue weighted by Gasteiger charge is -2.19. The number of hydrogen-bond acceptors (Lipinski definition) is 3. The second-order valence-corrected chi connectivity index (χ2v) is 8.39. The predicted octanol–water partition coefficient (Wildman–Crippen LogP) is 3.66. The molecule has 0 radical (unpaired) electrons. The van der Waals surface area contributed by atoms with Crippen LogP contribution in [0.3, 0.4) is 0 Å². The van der Waals surface area contributed by atoms with Crippen LogP contribution in [0.25, 0.3) is 0 Å². The van der Waals surface area contributed by atoms with Crippen molar-refractivity contribution in [2.45, 2.75) is 24.3 Å². The van der Waals surface area contributed by atoms with E-state index in [1.807, 2.05) is 37.3 Å². The number of aryl methyl sites for hydroxylation is 1. The first-order valence-corrected chi connectivity index (χ1v) is 10.5.